The second-order valence-electron chi connectivity index (χ2n) is 6.80. The molecule has 6 nitrogen and oxygen atoms in total. The Morgan fingerprint density at radius 3 is 2.57 bits per heavy atom. The van der Waals surface area contributed by atoms with E-state index in [2.05, 4.69) is 67.0 Å². The van der Waals surface area contributed by atoms with Gasteiger partial charge in [-0.2, -0.15) is 5.10 Å². The smallest absolute Gasteiger partial charge is 0.194 e. The molecule has 3 heterocycles. The average Bonchev–Trinajstić information content (AvgIpc) is 3.44. The Hall–Kier alpha value is -2.80. The Bertz CT molecular complexity index is 880. The molecule has 0 saturated carbocycles. The topological polar surface area (TPSA) is 48.7 Å². The maximum atomic E-state index is 4.52. The third kappa shape index (κ3) is 4.36. The molecule has 0 atom stereocenters. The lowest BCUT2D eigenvalue weighted by Crippen LogP contribution is -2.52. The second-order valence-corrected chi connectivity index (χ2v) is 7.72. The lowest BCUT2D eigenvalue weighted by molar-refractivity contribution is 0.373. The van der Waals surface area contributed by atoms with Crippen LogP contribution in [0.4, 0.5) is 5.00 Å². The molecule has 1 aliphatic rings. The number of hydrogen-bond donors (Lipinski definition) is 1. The molecule has 0 aliphatic carbocycles. The largest absolute Gasteiger partial charge is 0.360 e. The second kappa shape index (κ2) is 8.93. The van der Waals surface area contributed by atoms with Gasteiger partial charge in [-0.1, -0.05) is 24.3 Å². The highest BCUT2D eigenvalue weighted by molar-refractivity contribution is 7.14. The van der Waals surface area contributed by atoms with Gasteiger partial charge in [0.25, 0.3) is 0 Å². The van der Waals surface area contributed by atoms with E-state index >= 15 is 0 Å². The van der Waals surface area contributed by atoms with Gasteiger partial charge in [-0.25, -0.2) is 0 Å². The van der Waals surface area contributed by atoms with Crippen molar-refractivity contribution < 1.29 is 0 Å². The van der Waals surface area contributed by atoms with Crippen LogP contribution in [0.25, 0.3) is 0 Å². The number of benzene rings is 1. The van der Waals surface area contributed by atoms with Crippen molar-refractivity contribution >= 4 is 22.3 Å². The van der Waals surface area contributed by atoms with Crippen LogP contribution in [-0.4, -0.2) is 53.9 Å². The summed E-state index contributed by atoms with van der Waals surface area (Å²) < 4.78 is 1.96. The molecule has 1 aromatic carbocycles. The number of nitrogens with one attached hydrogen (secondary N) is 1. The monoisotopic (exact) mass is 394 g/mol. The van der Waals surface area contributed by atoms with Crippen LogP contribution >= 0.6 is 11.3 Å². The fraction of sp³-hybridized carbons (Fsp3) is 0.333. The highest BCUT2D eigenvalue weighted by atomic mass is 32.1. The Labute approximate surface area is 170 Å². The van der Waals surface area contributed by atoms with E-state index in [1.807, 2.05) is 41.5 Å². The van der Waals surface area contributed by atoms with Crippen molar-refractivity contribution in [1.29, 1.82) is 0 Å². The normalized spacial score (nSPS) is 15.1. The molecular weight excluding hydrogens is 368 g/mol. The summed E-state index contributed by atoms with van der Waals surface area (Å²) in [6.45, 7) is 5.55. The van der Waals surface area contributed by atoms with Gasteiger partial charge >= 0.3 is 0 Å². The molecule has 3 aromatic rings. The summed E-state index contributed by atoms with van der Waals surface area (Å²) >= 11 is 1.81. The number of thiophene rings is 1. The zero-order chi connectivity index (χ0) is 19.2. The van der Waals surface area contributed by atoms with Gasteiger partial charge < -0.3 is 15.1 Å². The number of piperazine rings is 1. The van der Waals surface area contributed by atoms with Crippen LogP contribution in [0.15, 0.2) is 65.2 Å². The fourth-order valence-electron chi connectivity index (χ4n) is 3.55. The van der Waals surface area contributed by atoms with Gasteiger partial charge in [0.1, 0.15) is 0 Å². The van der Waals surface area contributed by atoms with Crippen LogP contribution in [0.3, 0.4) is 0 Å². The van der Waals surface area contributed by atoms with E-state index in [9.17, 15) is 0 Å². The highest BCUT2D eigenvalue weighted by Crippen LogP contribution is 2.22. The van der Waals surface area contributed by atoms with Gasteiger partial charge in [-0.3, -0.25) is 9.67 Å². The zero-order valence-corrected chi connectivity index (χ0v) is 17.0. The van der Waals surface area contributed by atoms with E-state index in [1.165, 1.54) is 16.1 Å². The number of aliphatic imine (C=N–C) groups is 1. The average molecular weight is 395 g/mol. The Morgan fingerprint density at radius 2 is 1.89 bits per heavy atom. The third-order valence-corrected chi connectivity index (χ3v) is 5.98. The van der Waals surface area contributed by atoms with Crippen LogP contribution in [-0.2, 0) is 13.1 Å². The summed E-state index contributed by atoms with van der Waals surface area (Å²) in [5, 5.41) is 11.4. The van der Waals surface area contributed by atoms with Crippen LogP contribution in [0, 0.1) is 0 Å². The minimum Gasteiger partial charge on any atom is -0.360 e. The molecule has 7 heteroatoms. The molecule has 28 heavy (non-hydrogen) atoms. The summed E-state index contributed by atoms with van der Waals surface area (Å²) in [5.41, 5.74) is 2.55. The molecule has 0 amide bonds. The fourth-order valence-corrected chi connectivity index (χ4v) is 4.33. The minimum absolute atomic E-state index is 0.759. The summed E-state index contributed by atoms with van der Waals surface area (Å²) in [5.74, 6) is 0.972. The van der Waals surface area contributed by atoms with Gasteiger partial charge in [0.2, 0.25) is 0 Å². The number of guanidine groups is 1. The van der Waals surface area contributed by atoms with Gasteiger partial charge in [-0.05, 0) is 34.7 Å². The predicted molar refractivity (Wildman–Crippen MR) is 116 cm³/mol. The first-order valence-corrected chi connectivity index (χ1v) is 10.5. The van der Waals surface area contributed by atoms with Crippen molar-refractivity contribution in [3.63, 3.8) is 0 Å². The van der Waals surface area contributed by atoms with Crippen LogP contribution in [0.1, 0.15) is 11.1 Å². The Kier molecular flexibility index (Phi) is 5.92. The number of rotatable bonds is 5. The van der Waals surface area contributed by atoms with Crippen molar-refractivity contribution in [2.75, 3.05) is 38.1 Å². The molecule has 2 aromatic heterocycles. The predicted octanol–water partition coefficient (Wildman–Crippen LogP) is 2.89. The van der Waals surface area contributed by atoms with Crippen molar-refractivity contribution in [2.24, 2.45) is 4.99 Å². The molecule has 1 N–H and O–H groups in total. The number of nitrogens with zero attached hydrogens (tertiary/aromatic N) is 5. The molecule has 1 fully saturated rings. The van der Waals surface area contributed by atoms with Gasteiger partial charge in [0, 0.05) is 52.2 Å². The SMILES string of the molecule is CN=C(NCc1ccccc1Cn1cccn1)N1CCN(c2cccs2)CC1. The van der Waals surface area contributed by atoms with Crippen LogP contribution < -0.4 is 10.2 Å². The first-order valence-electron chi connectivity index (χ1n) is 9.62. The molecule has 0 unspecified atom stereocenters. The lowest BCUT2D eigenvalue weighted by atomic mass is 10.1. The highest BCUT2D eigenvalue weighted by Gasteiger charge is 2.20. The zero-order valence-electron chi connectivity index (χ0n) is 16.2. The van der Waals surface area contributed by atoms with Gasteiger partial charge in [0.15, 0.2) is 5.96 Å². The molecule has 1 aliphatic heterocycles. The number of aromatic nitrogens is 2. The van der Waals surface area contributed by atoms with Crippen molar-refractivity contribution in [1.82, 2.24) is 20.0 Å². The molecule has 4 rings (SSSR count). The van der Waals surface area contributed by atoms with E-state index in [0.717, 1.165) is 45.2 Å². The summed E-state index contributed by atoms with van der Waals surface area (Å²) in [6, 6.07) is 14.8. The Balaban J connectivity index is 1.35. The van der Waals surface area contributed by atoms with E-state index < -0.39 is 0 Å². The summed E-state index contributed by atoms with van der Waals surface area (Å²) in [7, 11) is 1.86. The maximum Gasteiger partial charge on any atom is 0.194 e. The van der Waals surface area contributed by atoms with E-state index in [1.54, 1.807) is 0 Å². The molecule has 0 bridgehead atoms. The van der Waals surface area contributed by atoms with Gasteiger partial charge in [0.05, 0.1) is 11.5 Å². The quantitative estimate of drug-likeness (QED) is 0.534. The maximum absolute atomic E-state index is 4.52. The third-order valence-electron chi connectivity index (χ3n) is 5.06. The first kappa shape index (κ1) is 18.6. The molecule has 1 saturated heterocycles. The minimum atomic E-state index is 0.759. The van der Waals surface area contributed by atoms with Gasteiger partial charge in [-0.15, -0.1) is 11.3 Å². The van der Waals surface area contributed by atoms with Crippen molar-refractivity contribution in [3.8, 4) is 0 Å². The standard InChI is InChI=1S/C21H26N6S/c1-22-21(26-13-11-25(12-14-26)20-8-4-15-28-20)23-16-18-6-2-3-7-19(18)17-27-10-5-9-24-27/h2-10,15H,11-14,16-17H2,1H3,(H,22,23). The molecular formula is C21H26N6S. The summed E-state index contributed by atoms with van der Waals surface area (Å²) in [4.78, 5) is 9.32. The van der Waals surface area contributed by atoms with Crippen LogP contribution in [0.2, 0.25) is 0 Å². The molecule has 0 spiro atoms. The van der Waals surface area contributed by atoms with Crippen LogP contribution in [0.5, 0.6) is 0 Å². The van der Waals surface area contributed by atoms with Crippen molar-refractivity contribution in [2.45, 2.75) is 13.1 Å². The van der Waals surface area contributed by atoms with E-state index in [-0.39, 0.29) is 0 Å². The summed E-state index contributed by atoms with van der Waals surface area (Å²) in [6.07, 6.45) is 3.81. The molecule has 146 valence electrons. The lowest BCUT2D eigenvalue weighted by Gasteiger charge is -2.37. The van der Waals surface area contributed by atoms with E-state index in [0.29, 0.717) is 0 Å². The number of anilines is 1. The van der Waals surface area contributed by atoms with E-state index in [4.69, 9.17) is 0 Å². The molecule has 0 radical (unpaired) electrons. The first-order chi connectivity index (χ1) is 13.8. The number of hydrogen-bond acceptors (Lipinski definition) is 4. The van der Waals surface area contributed by atoms with Crippen molar-refractivity contribution in [3.05, 3.63) is 71.4 Å². The Morgan fingerprint density at radius 1 is 1.07 bits per heavy atom.